The van der Waals surface area contributed by atoms with Gasteiger partial charge in [0.05, 0.1) is 6.20 Å². The predicted molar refractivity (Wildman–Crippen MR) is 74.1 cm³/mol. The Hall–Kier alpha value is -2.69. The molecule has 0 aliphatic carbocycles. The van der Waals surface area contributed by atoms with Crippen molar-refractivity contribution >= 4 is 5.95 Å². The van der Waals surface area contributed by atoms with E-state index in [-0.39, 0.29) is 0 Å². The van der Waals surface area contributed by atoms with Crippen molar-refractivity contribution in [3.63, 3.8) is 0 Å². The highest BCUT2D eigenvalue weighted by atomic mass is 15.3. The van der Waals surface area contributed by atoms with Crippen LogP contribution in [-0.2, 0) is 0 Å². The van der Waals surface area contributed by atoms with Crippen molar-refractivity contribution in [1.82, 2.24) is 19.7 Å². The Morgan fingerprint density at radius 3 is 2.68 bits per heavy atom. The maximum absolute atomic E-state index is 4.35. The summed E-state index contributed by atoms with van der Waals surface area (Å²) in [5.41, 5.74) is 2.20. The minimum absolute atomic E-state index is 0.578. The third-order valence-electron chi connectivity index (χ3n) is 2.79. The summed E-state index contributed by atoms with van der Waals surface area (Å²) in [4.78, 5) is 8.43. The molecule has 0 unspecified atom stereocenters. The molecule has 0 bridgehead atoms. The van der Waals surface area contributed by atoms with Gasteiger partial charge in [-0.25, -0.2) is 9.67 Å². The molecule has 1 aromatic carbocycles. The van der Waals surface area contributed by atoms with Crippen LogP contribution in [0.25, 0.3) is 16.9 Å². The van der Waals surface area contributed by atoms with Crippen LogP contribution in [0.15, 0.2) is 55.0 Å². The first-order valence-electron chi connectivity index (χ1n) is 5.98. The van der Waals surface area contributed by atoms with Crippen LogP contribution < -0.4 is 5.32 Å². The lowest BCUT2D eigenvalue weighted by atomic mass is 10.1. The number of nitrogens with zero attached hydrogens (tertiary/aromatic N) is 4. The molecule has 2 aromatic heterocycles. The molecule has 19 heavy (non-hydrogen) atoms. The van der Waals surface area contributed by atoms with Crippen molar-refractivity contribution in [2.24, 2.45) is 0 Å². The minimum Gasteiger partial charge on any atom is -0.357 e. The summed E-state index contributed by atoms with van der Waals surface area (Å²) < 4.78 is 1.74. The number of anilines is 1. The zero-order chi connectivity index (χ0) is 13.1. The smallest absolute Gasteiger partial charge is 0.224 e. The van der Waals surface area contributed by atoms with Gasteiger partial charge in [-0.05, 0) is 5.56 Å². The molecule has 1 N–H and O–H groups in total. The average Bonchev–Trinajstić information content (AvgIpc) is 2.98. The first-order chi connectivity index (χ1) is 9.36. The molecule has 94 valence electrons. The minimum atomic E-state index is 0.578. The van der Waals surface area contributed by atoms with E-state index in [0.29, 0.717) is 5.95 Å². The van der Waals surface area contributed by atoms with Gasteiger partial charge >= 0.3 is 0 Å². The molecule has 0 saturated carbocycles. The third kappa shape index (κ3) is 2.30. The van der Waals surface area contributed by atoms with Crippen molar-refractivity contribution in [1.29, 1.82) is 0 Å². The molecule has 0 saturated heterocycles. The summed E-state index contributed by atoms with van der Waals surface area (Å²) in [6, 6.07) is 12.0. The fourth-order valence-corrected chi connectivity index (χ4v) is 1.82. The molecular weight excluding hydrogens is 238 g/mol. The zero-order valence-electron chi connectivity index (χ0n) is 10.5. The highest BCUT2D eigenvalue weighted by Gasteiger charge is 2.04. The van der Waals surface area contributed by atoms with Crippen LogP contribution in [0.4, 0.5) is 5.95 Å². The van der Waals surface area contributed by atoms with E-state index in [1.165, 1.54) is 0 Å². The van der Waals surface area contributed by atoms with Gasteiger partial charge in [-0.2, -0.15) is 10.1 Å². The summed E-state index contributed by atoms with van der Waals surface area (Å²) >= 11 is 0. The normalized spacial score (nSPS) is 10.4. The molecular formula is C14H13N5. The van der Waals surface area contributed by atoms with Crippen molar-refractivity contribution in [3.05, 3.63) is 55.0 Å². The van der Waals surface area contributed by atoms with Gasteiger partial charge in [0.1, 0.15) is 0 Å². The van der Waals surface area contributed by atoms with Gasteiger partial charge in [-0.1, -0.05) is 30.3 Å². The van der Waals surface area contributed by atoms with Crippen molar-refractivity contribution < 1.29 is 0 Å². The molecule has 0 atom stereocenters. The molecule has 0 amide bonds. The fraction of sp³-hybridized carbons (Fsp3) is 0.0714. The third-order valence-corrected chi connectivity index (χ3v) is 2.79. The molecule has 5 heteroatoms. The maximum atomic E-state index is 4.35. The number of benzene rings is 1. The number of nitrogens with one attached hydrogen (secondary N) is 1. The van der Waals surface area contributed by atoms with Crippen LogP contribution in [0, 0.1) is 0 Å². The number of hydrogen-bond acceptors (Lipinski definition) is 4. The number of rotatable bonds is 3. The molecule has 0 radical (unpaired) electrons. The Kier molecular flexibility index (Phi) is 2.94. The monoisotopic (exact) mass is 251 g/mol. The molecule has 0 aliphatic rings. The van der Waals surface area contributed by atoms with Crippen LogP contribution in [0.3, 0.4) is 0 Å². The van der Waals surface area contributed by atoms with Crippen LogP contribution in [0.5, 0.6) is 0 Å². The van der Waals surface area contributed by atoms with Crippen LogP contribution >= 0.6 is 0 Å². The van der Waals surface area contributed by atoms with Gasteiger partial charge < -0.3 is 5.32 Å². The van der Waals surface area contributed by atoms with E-state index in [0.717, 1.165) is 16.9 Å². The Bertz CT molecular complexity index is 675. The van der Waals surface area contributed by atoms with Gasteiger partial charge in [-0.3, -0.25) is 0 Å². The van der Waals surface area contributed by atoms with Crippen LogP contribution in [0.2, 0.25) is 0 Å². The highest BCUT2D eigenvalue weighted by Crippen LogP contribution is 2.19. The van der Waals surface area contributed by atoms with E-state index >= 15 is 0 Å². The van der Waals surface area contributed by atoms with E-state index in [1.54, 1.807) is 17.9 Å². The standard InChI is InChI=1S/C14H13N5/c1-15-14-16-8-7-13(18-14)19-10-12(9-17-19)11-5-3-2-4-6-11/h2-10H,1H3,(H,15,16,18). The largest absolute Gasteiger partial charge is 0.357 e. The van der Waals surface area contributed by atoms with E-state index in [4.69, 9.17) is 0 Å². The topological polar surface area (TPSA) is 55.6 Å². The van der Waals surface area contributed by atoms with E-state index in [9.17, 15) is 0 Å². The van der Waals surface area contributed by atoms with Gasteiger partial charge in [0.15, 0.2) is 5.82 Å². The quantitative estimate of drug-likeness (QED) is 0.776. The summed E-state index contributed by atoms with van der Waals surface area (Å²) in [5, 5.41) is 7.25. The van der Waals surface area contributed by atoms with Crippen molar-refractivity contribution in [2.75, 3.05) is 12.4 Å². The Morgan fingerprint density at radius 1 is 1.05 bits per heavy atom. The molecule has 3 rings (SSSR count). The van der Waals surface area contributed by atoms with Crippen molar-refractivity contribution in [2.45, 2.75) is 0 Å². The summed E-state index contributed by atoms with van der Waals surface area (Å²) in [6.07, 6.45) is 5.49. The Morgan fingerprint density at radius 2 is 1.89 bits per heavy atom. The number of aromatic nitrogens is 4. The molecule has 0 spiro atoms. The van der Waals surface area contributed by atoms with E-state index in [1.807, 2.05) is 36.7 Å². The lowest BCUT2D eigenvalue weighted by Gasteiger charge is -2.02. The Balaban J connectivity index is 1.97. The first kappa shape index (κ1) is 11.4. The highest BCUT2D eigenvalue weighted by molar-refractivity contribution is 5.61. The predicted octanol–water partition coefficient (Wildman–Crippen LogP) is 2.37. The van der Waals surface area contributed by atoms with Gasteiger partial charge in [0.2, 0.25) is 5.95 Å². The summed E-state index contributed by atoms with van der Waals surface area (Å²) in [5.74, 6) is 1.32. The SMILES string of the molecule is CNc1nccc(-n2cc(-c3ccccc3)cn2)n1. The van der Waals surface area contributed by atoms with E-state index < -0.39 is 0 Å². The Labute approximate surface area is 111 Å². The van der Waals surface area contributed by atoms with Gasteiger partial charge in [0, 0.05) is 31.1 Å². The zero-order valence-corrected chi connectivity index (χ0v) is 10.5. The molecule has 2 heterocycles. The lowest BCUT2D eigenvalue weighted by molar-refractivity contribution is 0.841. The molecule has 0 fully saturated rings. The number of hydrogen-bond donors (Lipinski definition) is 1. The molecule has 5 nitrogen and oxygen atoms in total. The van der Waals surface area contributed by atoms with Crippen LogP contribution in [0.1, 0.15) is 0 Å². The van der Waals surface area contributed by atoms with Crippen LogP contribution in [-0.4, -0.2) is 26.8 Å². The fourth-order valence-electron chi connectivity index (χ4n) is 1.82. The lowest BCUT2D eigenvalue weighted by Crippen LogP contribution is -2.02. The first-order valence-corrected chi connectivity index (χ1v) is 5.98. The van der Waals surface area contributed by atoms with Gasteiger partial charge in [0.25, 0.3) is 0 Å². The van der Waals surface area contributed by atoms with E-state index in [2.05, 4.69) is 32.5 Å². The second-order valence-electron chi connectivity index (χ2n) is 4.03. The van der Waals surface area contributed by atoms with Crippen molar-refractivity contribution in [3.8, 4) is 16.9 Å². The molecule has 0 aliphatic heterocycles. The second-order valence-corrected chi connectivity index (χ2v) is 4.03. The molecule has 3 aromatic rings. The summed E-state index contributed by atoms with van der Waals surface area (Å²) in [7, 11) is 1.79. The maximum Gasteiger partial charge on any atom is 0.224 e. The summed E-state index contributed by atoms with van der Waals surface area (Å²) in [6.45, 7) is 0. The van der Waals surface area contributed by atoms with Gasteiger partial charge in [-0.15, -0.1) is 0 Å². The average molecular weight is 251 g/mol. The second kappa shape index (κ2) is 4.89.